The molecule has 0 aromatic carbocycles. The van der Waals surface area contributed by atoms with Crippen LogP contribution in [0.2, 0.25) is 0 Å². The van der Waals surface area contributed by atoms with Crippen molar-refractivity contribution in [2.24, 2.45) is 11.3 Å². The van der Waals surface area contributed by atoms with E-state index in [1.165, 1.54) is 11.1 Å². The summed E-state index contributed by atoms with van der Waals surface area (Å²) >= 11 is 0. The highest BCUT2D eigenvalue weighted by atomic mass is 16.6. The number of esters is 1. The van der Waals surface area contributed by atoms with Crippen LogP contribution < -0.4 is 0 Å². The van der Waals surface area contributed by atoms with Crippen molar-refractivity contribution in [3.63, 3.8) is 0 Å². The number of fused-ring (bicyclic) bond motifs is 2. The minimum atomic E-state index is -0.315. The first kappa shape index (κ1) is 12.0. The molecule has 4 atom stereocenters. The fourth-order valence-electron chi connectivity index (χ4n) is 3.93. The number of carbonyl (C=O) groups excluding carboxylic acids is 1. The summed E-state index contributed by atoms with van der Waals surface area (Å²) in [6.07, 6.45) is 2.94. The Morgan fingerprint density at radius 2 is 2.22 bits per heavy atom. The van der Waals surface area contributed by atoms with Crippen LogP contribution in [0, 0.1) is 11.3 Å². The van der Waals surface area contributed by atoms with E-state index in [4.69, 9.17) is 4.74 Å². The number of carbonyl (C=O) groups is 1. The van der Waals surface area contributed by atoms with Gasteiger partial charge in [0.2, 0.25) is 0 Å². The molecule has 1 N–H and O–H groups in total. The second kappa shape index (κ2) is 3.70. The van der Waals surface area contributed by atoms with Gasteiger partial charge >= 0.3 is 5.97 Å². The van der Waals surface area contributed by atoms with Crippen LogP contribution in [0.25, 0.3) is 0 Å². The molecular weight excluding hydrogens is 228 g/mol. The Bertz CT molecular complexity index is 462. The molecule has 0 unspecified atom stereocenters. The highest BCUT2D eigenvalue weighted by Crippen LogP contribution is 2.54. The zero-order chi connectivity index (χ0) is 13.1. The van der Waals surface area contributed by atoms with E-state index in [-0.39, 0.29) is 29.5 Å². The van der Waals surface area contributed by atoms with Crippen molar-refractivity contribution in [1.82, 2.24) is 0 Å². The Balaban J connectivity index is 2.01. The molecule has 0 aromatic rings. The summed E-state index contributed by atoms with van der Waals surface area (Å²) in [6, 6.07) is 0. The van der Waals surface area contributed by atoms with E-state index in [1.807, 2.05) is 0 Å². The molecule has 98 valence electrons. The van der Waals surface area contributed by atoms with Crippen molar-refractivity contribution >= 4 is 5.97 Å². The number of rotatable bonds is 0. The Morgan fingerprint density at radius 1 is 1.50 bits per heavy atom. The Morgan fingerprint density at radius 3 is 2.94 bits per heavy atom. The van der Waals surface area contributed by atoms with E-state index in [9.17, 15) is 9.90 Å². The number of hydrogen-bond donors (Lipinski definition) is 1. The van der Waals surface area contributed by atoms with Crippen molar-refractivity contribution in [1.29, 1.82) is 0 Å². The van der Waals surface area contributed by atoms with E-state index in [0.29, 0.717) is 5.57 Å². The second-order valence-electron chi connectivity index (χ2n) is 6.21. The lowest BCUT2D eigenvalue weighted by Gasteiger charge is -2.47. The third-order valence-electron chi connectivity index (χ3n) is 5.20. The van der Waals surface area contributed by atoms with Crippen LogP contribution >= 0.6 is 0 Å². The van der Waals surface area contributed by atoms with Crippen molar-refractivity contribution in [3.05, 3.63) is 23.3 Å². The molecule has 0 radical (unpaired) electrons. The minimum Gasteiger partial charge on any atom is -0.458 e. The first-order valence-corrected chi connectivity index (χ1v) is 6.70. The van der Waals surface area contributed by atoms with Gasteiger partial charge in [0, 0.05) is 16.9 Å². The van der Waals surface area contributed by atoms with Gasteiger partial charge in [0.1, 0.15) is 6.10 Å². The van der Waals surface area contributed by atoms with Gasteiger partial charge in [-0.3, -0.25) is 0 Å². The third-order valence-corrected chi connectivity index (χ3v) is 5.20. The molecule has 1 saturated heterocycles. The molecule has 0 aromatic heterocycles. The van der Waals surface area contributed by atoms with Gasteiger partial charge in [-0.1, -0.05) is 24.6 Å². The molecular formula is C15H20O3. The predicted octanol–water partition coefficient (Wildman–Crippen LogP) is 2.36. The van der Waals surface area contributed by atoms with Crippen LogP contribution in [0.1, 0.15) is 39.5 Å². The van der Waals surface area contributed by atoms with Crippen LogP contribution in [0.15, 0.2) is 23.3 Å². The van der Waals surface area contributed by atoms with Crippen LogP contribution in [0.4, 0.5) is 0 Å². The molecule has 3 nitrogen and oxygen atoms in total. The Hall–Kier alpha value is -1.09. The van der Waals surface area contributed by atoms with Crippen LogP contribution in [0.3, 0.4) is 0 Å². The monoisotopic (exact) mass is 248 g/mol. The fourth-order valence-corrected chi connectivity index (χ4v) is 3.93. The first-order chi connectivity index (χ1) is 8.43. The van der Waals surface area contributed by atoms with Crippen molar-refractivity contribution < 1.29 is 14.6 Å². The fraction of sp³-hybridized carbons (Fsp3) is 0.667. The van der Waals surface area contributed by atoms with Crippen molar-refractivity contribution in [2.45, 2.75) is 51.7 Å². The molecule has 2 fully saturated rings. The lowest BCUT2D eigenvalue weighted by molar-refractivity contribution is -0.141. The molecule has 2 aliphatic carbocycles. The van der Waals surface area contributed by atoms with Gasteiger partial charge in [0.25, 0.3) is 0 Å². The van der Waals surface area contributed by atoms with E-state index < -0.39 is 0 Å². The zero-order valence-electron chi connectivity index (χ0n) is 11.0. The van der Waals surface area contributed by atoms with Gasteiger partial charge < -0.3 is 9.84 Å². The summed E-state index contributed by atoms with van der Waals surface area (Å²) in [6.45, 7) is 8.13. The second-order valence-corrected chi connectivity index (χ2v) is 6.21. The average Bonchev–Trinajstić information content (AvgIpc) is 2.58. The number of allylic oxidation sites excluding steroid dienone is 1. The largest absolute Gasteiger partial charge is 0.458 e. The van der Waals surface area contributed by atoms with Crippen LogP contribution in [-0.2, 0) is 9.53 Å². The Kier molecular flexibility index (Phi) is 2.46. The first-order valence-electron chi connectivity index (χ1n) is 6.70. The predicted molar refractivity (Wildman–Crippen MR) is 67.8 cm³/mol. The molecule has 3 aliphatic rings. The van der Waals surface area contributed by atoms with Gasteiger partial charge in [0.05, 0.1) is 6.10 Å². The van der Waals surface area contributed by atoms with Gasteiger partial charge in [-0.2, -0.15) is 0 Å². The molecule has 3 heteroatoms. The maximum absolute atomic E-state index is 11.6. The quantitative estimate of drug-likeness (QED) is 0.406. The summed E-state index contributed by atoms with van der Waals surface area (Å²) in [5.74, 6) is -0.124. The Labute approximate surface area is 108 Å². The van der Waals surface area contributed by atoms with E-state index in [2.05, 4.69) is 20.4 Å². The molecule has 1 saturated carbocycles. The summed E-state index contributed by atoms with van der Waals surface area (Å²) in [5.41, 5.74) is 3.12. The summed E-state index contributed by atoms with van der Waals surface area (Å²) in [7, 11) is 0. The number of hydrogen-bond acceptors (Lipinski definition) is 3. The van der Waals surface area contributed by atoms with Gasteiger partial charge in [-0.25, -0.2) is 4.79 Å². The number of ether oxygens (including phenoxy) is 1. The number of aliphatic hydroxyl groups is 1. The molecule has 3 rings (SSSR count). The maximum Gasteiger partial charge on any atom is 0.334 e. The van der Waals surface area contributed by atoms with Crippen LogP contribution in [0.5, 0.6) is 0 Å². The van der Waals surface area contributed by atoms with Gasteiger partial charge in [-0.05, 0) is 32.6 Å². The molecule has 18 heavy (non-hydrogen) atoms. The number of aliphatic hydroxyl groups excluding tert-OH is 1. The lowest BCUT2D eigenvalue weighted by atomic mass is 9.59. The highest BCUT2D eigenvalue weighted by molar-refractivity contribution is 5.91. The lowest BCUT2D eigenvalue weighted by Crippen LogP contribution is -2.45. The summed E-state index contributed by atoms with van der Waals surface area (Å²) < 4.78 is 5.40. The molecule has 0 amide bonds. The van der Waals surface area contributed by atoms with E-state index >= 15 is 0 Å². The molecule has 1 heterocycles. The summed E-state index contributed by atoms with van der Waals surface area (Å²) in [4.78, 5) is 11.6. The van der Waals surface area contributed by atoms with Gasteiger partial charge in [0.15, 0.2) is 0 Å². The van der Waals surface area contributed by atoms with Gasteiger partial charge in [-0.15, -0.1) is 0 Å². The minimum absolute atomic E-state index is 0.0840. The normalized spacial score (nSPS) is 43.6. The van der Waals surface area contributed by atoms with Crippen molar-refractivity contribution in [3.8, 4) is 0 Å². The maximum atomic E-state index is 11.6. The average molecular weight is 248 g/mol. The van der Waals surface area contributed by atoms with E-state index in [0.717, 1.165) is 25.7 Å². The molecule has 0 bridgehead atoms. The smallest absolute Gasteiger partial charge is 0.334 e. The van der Waals surface area contributed by atoms with Crippen LogP contribution in [-0.4, -0.2) is 23.3 Å². The summed E-state index contributed by atoms with van der Waals surface area (Å²) in [5, 5.41) is 10.3. The van der Waals surface area contributed by atoms with E-state index in [1.54, 1.807) is 0 Å². The highest BCUT2D eigenvalue weighted by Gasteiger charge is 2.52. The standard InChI is InChI=1S/C15H20O3/c1-8-4-5-13(16)15(3)7-12-10(6-11(8)15)9(2)14(17)18-12/h10,12-13,16H,2,4-7H2,1,3H3/t10-,12-,13-,15-/m0/s1. The van der Waals surface area contributed by atoms with Crippen molar-refractivity contribution in [2.75, 3.05) is 0 Å². The third kappa shape index (κ3) is 1.43. The topological polar surface area (TPSA) is 46.5 Å². The molecule has 1 aliphatic heterocycles. The SMILES string of the molecule is C=C1C(=O)O[C@H]2C[C@@]3(C)C(=C(C)CC[C@@H]3O)C[C@@H]12. The molecule has 0 spiro atoms. The zero-order valence-corrected chi connectivity index (χ0v) is 11.0.